The van der Waals surface area contributed by atoms with Gasteiger partial charge in [0.25, 0.3) is 0 Å². The van der Waals surface area contributed by atoms with Crippen LogP contribution in [0.2, 0.25) is 0 Å². The van der Waals surface area contributed by atoms with E-state index < -0.39 is 0 Å². The van der Waals surface area contributed by atoms with Crippen LogP contribution in [0.3, 0.4) is 0 Å². The second-order valence-electron chi connectivity index (χ2n) is 2.51. The highest BCUT2D eigenvalue weighted by molar-refractivity contribution is 7.64. The van der Waals surface area contributed by atoms with Crippen molar-refractivity contribution in [2.24, 2.45) is 4.52 Å². The van der Waals surface area contributed by atoms with Crippen molar-refractivity contribution in [3.05, 3.63) is 0 Å². The molecule has 0 bridgehead atoms. The third-order valence-corrected chi connectivity index (χ3v) is 7.18. The van der Waals surface area contributed by atoms with Crippen LogP contribution >= 0.6 is 15.8 Å². The molecule has 0 saturated heterocycles. The summed E-state index contributed by atoms with van der Waals surface area (Å²) in [6, 6.07) is 0. The Balaban J connectivity index is 3.98. The van der Waals surface area contributed by atoms with Gasteiger partial charge in [0.1, 0.15) is 0 Å². The maximum absolute atomic E-state index is 4.92. The van der Waals surface area contributed by atoms with Gasteiger partial charge in [-0.05, 0) is 32.4 Å². The summed E-state index contributed by atoms with van der Waals surface area (Å²) in [6.07, 6.45) is 5.22. The summed E-state index contributed by atoms with van der Waals surface area (Å²) in [5.74, 6) is 0. The predicted octanol–water partition coefficient (Wildman–Crippen LogP) is 3.86. The normalized spacial score (nSPS) is 11.1. The molecule has 0 unspecified atom stereocenters. The average molecular weight is 193 g/mol. The highest BCUT2D eigenvalue weighted by atomic mass is 31.2. The van der Waals surface area contributed by atoms with Crippen LogP contribution < -0.4 is 0 Å². The van der Waals surface area contributed by atoms with E-state index in [0.717, 1.165) is 0 Å². The molecule has 0 aromatic rings. The van der Waals surface area contributed by atoms with Crippen LogP contribution in [0.5, 0.6) is 0 Å². The van der Waals surface area contributed by atoms with E-state index in [4.69, 9.17) is 4.52 Å². The highest BCUT2D eigenvalue weighted by Crippen LogP contribution is 2.44. The summed E-state index contributed by atoms with van der Waals surface area (Å²) in [6.45, 7) is 9.09. The van der Waals surface area contributed by atoms with Gasteiger partial charge in [0, 0.05) is 8.07 Å². The summed E-state index contributed by atoms with van der Waals surface area (Å²) in [4.78, 5) is 0. The van der Waals surface area contributed by atoms with Crippen LogP contribution in [0, 0.1) is 0 Å². The fraction of sp³-hybridized carbons (Fsp3) is 1.00. The molecule has 68 valence electrons. The largest absolute Gasteiger partial charge is 0.283 e. The Kier molecular flexibility index (Phi) is 7.76. The molecular weight excluding hydrogens is 172 g/mol. The summed E-state index contributed by atoms with van der Waals surface area (Å²) in [7, 11) is -0.229. The lowest BCUT2D eigenvalue weighted by molar-refractivity contribution is 1.38. The Hall–Kier alpha value is 0.660. The van der Waals surface area contributed by atoms with Gasteiger partial charge in [0.2, 0.25) is 0 Å². The molecule has 1 nitrogen and oxygen atoms in total. The van der Waals surface area contributed by atoms with Crippen molar-refractivity contribution in [2.75, 3.05) is 24.6 Å². The Bertz CT molecular complexity index is 113. The smallest absolute Gasteiger partial charge is 0.0129 e. The molecule has 0 saturated carbocycles. The van der Waals surface area contributed by atoms with Gasteiger partial charge >= 0.3 is 0 Å². The van der Waals surface area contributed by atoms with Crippen LogP contribution in [0.15, 0.2) is 4.52 Å². The van der Waals surface area contributed by atoms with Gasteiger partial charge < -0.3 is 0 Å². The van der Waals surface area contributed by atoms with Crippen LogP contribution in [0.1, 0.15) is 27.7 Å². The second kappa shape index (κ2) is 7.32. The monoisotopic (exact) mass is 193 g/mol. The van der Waals surface area contributed by atoms with Gasteiger partial charge in [-0.2, -0.15) is 0 Å². The maximum atomic E-state index is 4.92. The molecule has 0 radical (unpaired) electrons. The molecule has 0 spiro atoms. The molecule has 0 N–H and O–H groups in total. The maximum Gasteiger partial charge on any atom is 0.0129 e. The van der Waals surface area contributed by atoms with E-state index in [2.05, 4.69) is 27.7 Å². The first-order valence-corrected chi connectivity index (χ1v) is 8.12. The van der Waals surface area contributed by atoms with E-state index in [9.17, 15) is 0 Å². The van der Waals surface area contributed by atoms with Crippen LogP contribution in [-0.4, -0.2) is 24.6 Å². The third-order valence-electron chi connectivity index (χ3n) is 1.83. The Morgan fingerprint density at radius 1 is 1.00 bits per heavy atom. The minimum Gasteiger partial charge on any atom is -0.283 e. The fourth-order valence-electron chi connectivity index (χ4n) is 0.956. The quantitative estimate of drug-likeness (QED) is 0.588. The standard InChI is InChI=1S/C8H21NP2/c1-5-10(6-2)9-11(7-3)8-4/h10H,5-8H2,1-4H3. The minimum atomic E-state index is -0.292. The second-order valence-corrected chi connectivity index (χ2v) is 8.14. The van der Waals surface area contributed by atoms with Crippen molar-refractivity contribution < 1.29 is 0 Å². The highest BCUT2D eigenvalue weighted by Gasteiger charge is 1.99. The molecule has 0 atom stereocenters. The van der Waals surface area contributed by atoms with E-state index in [1.807, 2.05) is 0 Å². The molecule has 0 fully saturated rings. The molecule has 0 aromatic carbocycles. The molecule has 0 heterocycles. The minimum absolute atomic E-state index is 0.0630. The lowest BCUT2D eigenvalue weighted by Gasteiger charge is -2.09. The van der Waals surface area contributed by atoms with Gasteiger partial charge in [0.15, 0.2) is 0 Å². The molecule has 0 amide bonds. The van der Waals surface area contributed by atoms with Gasteiger partial charge in [-0.3, -0.25) is 4.52 Å². The van der Waals surface area contributed by atoms with E-state index >= 15 is 0 Å². The van der Waals surface area contributed by atoms with Crippen molar-refractivity contribution in [2.45, 2.75) is 27.7 Å². The fourth-order valence-corrected chi connectivity index (χ4v) is 5.77. The zero-order valence-electron chi connectivity index (χ0n) is 8.22. The number of rotatable bonds is 5. The lowest BCUT2D eigenvalue weighted by Crippen LogP contribution is -1.78. The molecule has 11 heavy (non-hydrogen) atoms. The van der Waals surface area contributed by atoms with Crippen molar-refractivity contribution in [1.29, 1.82) is 0 Å². The first-order chi connectivity index (χ1) is 5.28. The van der Waals surface area contributed by atoms with E-state index in [-0.39, 0.29) is 15.8 Å². The van der Waals surface area contributed by atoms with Crippen molar-refractivity contribution >= 4 is 15.8 Å². The SMILES string of the molecule is CCP(CC)N=[PH](CC)CC. The summed E-state index contributed by atoms with van der Waals surface area (Å²) in [5, 5.41) is 0. The Morgan fingerprint density at radius 2 is 1.45 bits per heavy atom. The number of hydrogen-bond donors (Lipinski definition) is 0. The van der Waals surface area contributed by atoms with Crippen LogP contribution in [-0.2, 0) is 0 Å². The molecule has 0 aliphatic heterocycles. The first-order valence-electron chi connectivity index (χ1n) is 4.59. The number of nitrogens with zero attached hydrogens (tertiary/aromatic N) is 1. The van der Waals surface area contributed by atoms with E-state index in [1.54, 1.807) is 0 Å². The molecule has 0 rings (SSSR count). The molecular formula is C8H21NP2. The summed E-state index contributed by atoms with van der Waals surface area (Å²) in [5.41, 5.74) is 0. The summed E-state index contributed by atoms with van der Waals surface area (Å²) >= 11 is 0. The van der Waals surface area contributed by atoms with E-state index in [1.165, 1.54) is 24.6 Å². The van der Waals surface area contributed by atoms with Crippen molar-refractivity contribution in [1.82, 2.24) is 0 Å². The van der Waals surface area contributed by atoms with Gasteiger partial charge in [0.05, 0.1) is 0 Å². The molecule has 0 aliphatic carbocycles. The zero-order chi connectivity index (χ0) is 8.69. The topological polar surface area (TPSA) is 12.4 Å². The van der Waals surface area contributed by atoms with Gasteiger partial charge in [-0.15, -0.1) is 0 Å². The van der Waals surface area contributed by atoms with Gasteiger partial charge in [-0.25, -0.2) is 0 Å². The molecule has 3 heteroatoms. The average Bonchev–Trinajstić information content (AvgIpc) is 2.07. The predicted molar refractivity (Wildman–Crippen MR) is 59.8 cm³/mol. The van der Waals surface area contributed by atoms with Crippen molar-refractivity contribution in [3.8, 4) is 0 Å². The van der Waals surface area contributed by atoms with Gasteiger partial charge in [-0.1, -0.05) is 27.7 Å². The summed E-state index contributed by atoms with van der Waals surface area (Å²) < 4.78 is 4.92. The number of hydrogen-bond acceptors (Lipinski definition) is 1. The van der Waals surface area contributed by atoms with Crippen molar-refractivity contribution in [3.63, 3.8) is 0 Å². The Morgan fingerprint density at radius 3 is 1.73 bits per heavy atom. The third kappa shape index (κ3) is 4.99. The molecule has 0 aromatic heterocycles. The zero-order valence-corrected chi connectivity index (χ0v) is 10.1. The Labute approximate surface area is 73.3 Å². The van der Waals surface area contributed by atoms with Crippen LogP contribution in [0.4, 0.5) is 0 Å². The first kappa shape index (κ1) is 11.7. The molecule has 0 aliphatic rings. The lowest BCUT2D eigenvalue weighted by atomic mass is 11.0. The van der Waals surface area contributed by atoms with Crippen LogP contribution in [0.25, 0.3) is 0 Å². The van der Waals surface area contributed by atoms with E-state index in [0.29, 0.717) is 0 Å².